The van der Waals surface area contributed by atoms with Gasteiger partial charge in [-0.1, -0.05) is 24.3 Å². The zero-order valence-electron chi connectivity index (χ0n) is 26.5. The minimum Gasteiger partial charge on any atom is -0.508 e. The second-order valence-corrected chi connectivity index (χ2v) is 13.1. The highest BCUT2D eigenvalue weighted by Crippen LogP contribution is 2.54. The molecule has 1 amide bonds. The lowest BCUT2D eigenvalue weighted by molar-refractivity contribution is -0.153. The van der Waals surface area contributed by atoms with E-state index in [0.717, 1.165) is 5.56 Å². The van der Waals surface area contributed by atoms with Gasteiger partial charge in [-0.05, 0) is 80.4 Å². The Morgan fingerprint density at radius 2 is 1.64 bits per heavy atom. The number of hydrogen-bond acceptors (Lipinski definition) is 9. The predicted octanol–water partition coefficient (Wildman–Crippen LogP) is 3.31. The van der Waals surface area contributed by atoms with Crippen LogP contribution in [0.25, 0.3) is 5.76 Å². The number of aliphatic hydroxyl groups is 3. The van der Waals surface area contributed by atoms with E-state index >= 15 is 0 Å². The molecule has 0 bridgehead atoms. The predicted molar refractivity (Wildman–Crippen MR) is 167 cm³/mol. The molecule has 0 aliphatic heterocycles. The molecule has 2 aromatic carbocycles. The van der Waals surface area contributed by atoms with E-state index in [1.165, 1.54) is 17.0 Å². The quantitative estimate of drug-likeness (QED) is 0.268. The van der Waals surface area contributed by atoms with E-state index in [2.05, 4.69) is 0 Å². The Kier molecular flexibility index (Phi) is 8.69. The Bertz CT molecular complexity index is 1710. The Labute approximate surface area is 269 Å². The fourth-order valence-electron chi connectivity index (χ4n) is 7.47. The van der Waals surface area contributed by atoms with Gasteiger partial charge in [-0.3, -0.25) is 19.3 Å². The monoisotopic (exact) mass is 657 g/mol. The van der Waals surface area contributed by atoms with Crippen LogP contribution in [0.15, 0.2) is 47.2 Å². The highest BCUT2D eigenvalue weighted by molar-refractivity contribution is 6.24. The first-order valence-corrected chi connectivity index (χ1v) is 15.2. The standard InChI is InChI=1S/C34H38F3N3O7/c1-39(2)22-14-18(7-5-6-16-8-10-17(11-9-16)15-33(35,36)37)27(41)24-20(22)12-19-13-21-26(40(3)4)29(43)25(32(38)46)31(45)34(21,47)30(44)23(19)28(24)42/h8-11,14,19,21,26,41-42,45,47H,5-7,12-13,15H2,1-4H3,(H2,38,46). The Morgan fingerprint density at radius 3 is 2.19 bits per heavy atom. The number of alkyl halides is 3. The normalized spacial score (nSPS) is 24.3. The molecule has 3 aliphatic rings. The summed E-state index contributed by atoms with van der Waals surface area (Å²) in [5.41, 5.74) is 4.24. The number of phenolic OH excluding ortho intramolecular Hbond substituents is 1. The largest absolute Gasteiger partial charge is 0.508 e. The molecule has 2 aromatic rings. The molecule has 0 aromatic heterocycles. The zero-order valence-corrected chi connectivity index (χ0v) is 26.5. The molecule has 1 fully saturated rings. The molecular weight excluding hydrogens is 619 g/mol. The maximum absolute atomic E-state index is 14.1. The number of halogens is 3. The molecule has 4 atom stereocenters. The number of nitrogens with two attached hydrogens (primary N) is 1. The maximum atomic E-state index is 14.1. The third-order valence-corrected chi connectivity index (χ3v) is 9.60. The van der Waals surface area contributed by atoms with Crippen molar-refractivity contribution in [2.24, 2.45) is 17.6 Å². The molecule has 0 radical (unpaired) electrons. The number of nitrogens with zero attached hydrogens (tertiary/aromatic N) is 2. The molecular formula is C34H38F3N3O7. The number of ketones is 2. The van der Waals surface area contributed by atoms with Crippen LogP contribution in [0, 0.1) is 11.8 Å². The van der Waals surface area contributed by atoms with Gasteiger partial charge in [-0.2, -0.15) is 13.2 Å². The number of carbonyl (C=O) groups excluding carboxylic acids is 3. The number of benzene rings is 2. The van der Waals surface area contributed by atoms with Crippen LogP contribution in [-0.4, -0.2) is 88.8 Å². The summed E-state index contributed by atoms with van der Waals surface area (Å²) in [6.45, 7) is 0. The van der Waals surface area contributed by atoms with Crippen LogP contribution in [0.1, 0.15) is 40.7 Å². The van der Waals surface area contributed by atoms with Gasteiger partial charge >= 0.3 is 6.18 Å². The topological polar surface area (TPSA) is 165 Å². The van der Waals surface area contributed by atoms with Gasteiger partial charge < -0.3 is 31.1 Å². The van der Waals surface area contributed by atoms with Gasteiger partial charge in [0.1, 0.15) is 22.8 Å². The average Bonchev–Trinajstić information content (AvgIpc) is 2.95. The van der Waals surface area contributed by atoms with E-state index in [0.29, 0.717) is 36.1 Å². The van der Waals surface area contributed by atoms with Gasteiger partial charge in [-0.25, -0.2) is 0 Å². The summed E-state index contributed by atoms with van der Waals surface area (Å²) in [4.78, 5) is 42.9. The number of fused-ring (bicyclic) bond motifs is 3. The van der Waals surface area contributed by atoms with Crippen molar-refractivity contribution in [3.05, 3.63) is 75.1 Å². The van der Waals surface area contributed by atoms with Crippen molar-refractivity contribution in [3.8, 4) is 5.75 Å². The van der Waals surface area contributed by atoms with Crippen molar-refractivity contribution in [1.82, 2.24) is 4.90 Å². The molecule has 252 valence electrons. The summed E-state index contributed by atoms with van der Waals surface area (Å²) >= 11 is 0. The number of Topliss-reactive ketones (excluding diaryl/α,β-unsaturated/α-hetero) is 2. The number of carbonyl (C=O) groups is 3. The third kappa shape index (κ3) is 5.75. The highest BCUT2D eigenvalue weighted by Gasteiger charge is 2.64. The van der Waals surface area contributed by atoms with E-state index < -0.39 is 70.6 Å². The molecule has 47 heavy (non-hydrogen) atoms. The van der Waals surface area contributed by atoms with E-state index in [1.54, 1.807) is 51.3 Å². The molecule has 13 heteroatoms. The van der Waals surface area contributed by atoms with Gasteiger partial charge in [0.25, 0.3) is 5.91 Å². The first-order valence-electron chi connectivity index (χ1n) is 15.2. The fourth-order valence-corrected chi connectivity index (χ4v) is 7.47. The summed E-state index contributed by atoms with van der Waals surface area (Å²) in [7, 11) is 6.66. The van der Waals surface area contributed by atoms with Crippen molar-refractivity contribution >= 4 is 28.9 Å². The highest BCUT2D eigenvalue weighted by atomic mass is 19.4. The SMILES string of the molecule is CN(C)c1cc(CCCc2ccc(CC(F)(F)F)cc2)c(O)c2c1CC1CC3C(N(C)C)C(=O)C(C(N)=O)=C(O)C3(O)C(=O)C1=C2O. The minimum absolute atomic E-state index is 0.0110. The number of aromatic hydroxyl groups is 1. The van der Waals surface area contributed by atoms with Crippen LogP contribution < -0.4 is 10.6 Å². The first kappa shape index (κ1) is 34.0. The molecule has 3 aliphatic carbocycles. The fraction of sp³-hybridized carbons (Fsp3) is 0.441. The van der Waals surface area contributed by atoms with E-state index in [9.17, 15) is 48.0 Å². The van der Waals surface area contributed by atoms with Crippen LogP contribution in [0.3, 0.4) is 0 Å². The summed E-state index contributed by atoms with van der Waals surface area (Å²) in [5.74, 6) is -7.03. The summed E-state index contributed by atoms with van der Waals surface area (Å²) in [5, 5.41) is 46.0. The second kappa shape index (κ2) is 12.0. The number of rotatable bonds is 8. The Morgan fingerprint density at radius 1 is 1.02 bits per heavy atom. The number of aryl methyl sites for hydroxylation is 2. The van der Waals surface area contributed by atoms with Gasteiger partial charge in [0.15, 0.2) is 11.4 Å². The van der Waals surface area contributed by atoms with Gasteiger partial charge in [0, 0.05) is 31.3 Å². The van der Waals surface area contributed by atoms with Crippen molar-refractivity contribution < 1.29 is 48.0 Å². The lowest BCUT2D eigenvalue weighted by atomic mass is 9.57. The van der Waals surface area contributed by atoms with Gasteiger partial charge in [0.2, 0.25) is 5.78 Å². The molecule has 10 nitrogen and oxygen atoms in total. The van der Waals surface area contributed by atoms with Crippen LogP contribution in [0.5, 0.6) is 5.75 Å². The molecule has 4 unspecified atom stereocenters. The van der Waals surface area contributed by atoms with E-state index in [4.69, 9.17) is 5.73 Å². The summed E-state index contributed by atoms with van der Waals surface area (Å²) in [6.07, 6.45) is -3.82. The van der Waals surface area contributed by atoms with Crippen molar-refractivity contribution in [2.45, 2.75) is 56.3 Å². The lowest BCUT2D eigenvalue weighted by Crippen LogP contribution is -2.65. The number of anilines is 1. The molecule has 1 saturated carbocycles. The summed E-state index contributed by atoms with van der Waals surface area (Å²) in [6, 6.07) is 6.76. The smallest absolute Gasteiger partial charge is 0.393 e. The van der Waals surface area contributed by atoms with Crippen molar-refractivity contribution in [3.63, 3.8) is 0 Å². The Balaban J connectivity index is 1.52. The number of likely N-dealkylation sites (N-methyl/N-ethyl adjacent to an activating group) is 1. The third-order valence-electron chi connectivity index (χ3n) is 9.60. The molecule has 0 spiro atoms. The lowest BCUT2D eigenvalue weighted by Gasteiger charge is -2.50. The van der Waals surface area contributed by atoms with E-state index in [1.807, 2.05) is 0 Å². The first-order chi connectivity index (χ1) is 21.9. The van der Waals surface area contributed by atoms with Crippen LogP contribution in [-0.2, 0) is 40.1 Å². The second-order valence-electron chi connectivity index (χ2n) is 13.1. The van der Waals surface area contributed by atoms with E-state index in [-0.39, 0.29) is 35.3 Å². The van der Waals surface area contributed by atoms with Crippen LogP contribution in [0.4, 0.5) is 18.9 Å². The van der Waals surface area contributed by atoms with Crippen molar-refractivity contribution in [2.75, 3.05) is 33.1 Å². The number of aliphatic hydroxyl groups excluding tert-OH is 2. The van der Waals surface area contributed by atoms with Gasteiger partial charge in [-0.15, -0.1) is 0 Å². The average molecular weight is 658 g/mol. The van der Waals surface area contributed by atoms with Crippen molar-refractivity contribution in [1.29, 1.82) is 0 Å². The maximum Gasteiger partial charge on any atom is 0.393 e. The number of hydrogen-bond donors (Lipinski definition) is 5. The molecule has 0 heterocycles. The summed E-state index contributed by atoms with van der Waals surface area (Å²) < 4.78 is 38.1. The van der Waals surface area contributed by atoms with Gasteiger partial charge in [0.05, 0.1) is 18.0 Å². The minimum atomic E-state index is -4.30. The molecule has 0 saturated heterocycles. The number of primary amides is 1. The number of amides is 1. The Hall–Kier alpha value is -4.36. The zero-order chi connectivity index (χ0) is 34.7. The number of phenols is 1. The van der Waals surface area contributed by atoms with Crippen LogP contribution in [0.2, 0.25) is 0 Å². The molecule has 6 N–H and O–H groups in total. The van der Waals surface area contributed by atoms with Crippen LogP contribution >= 0.6 is 0 Å². The molecule has 5 rings (SSSR count).